The number of nitrogens with zero attached hydrogens (tertiary/aromatic N) is 2. The molecule has 0 radical (unpaired) electrons. The van der Waals surface area contributed by atoms with Crippen LogP contribution >= 0.6 is 0 Å². The minimum atomic E-state index is -0.0838. The molecule has 0 saturated carbocycles. The minimum absolute atomic E-state index is 0.0838. The molecule has 0 fully saturated rings. The zero-order valence-corrected chi connectivity index (χ0v) is 12.9. The van der Waals surface area contributed by atoms with Crippen molar-refractivity contribution < 1.29 is 4.74 Å². The van der Waals surface area contributed by atoms with Gasteiger partial charge in [-0.1, -0.05) is 19.1 Å². The molecular weight excluding hydrogens is 250 g/mol. The number of ether oxygens (including phenoxy) is 1. The van der Waals surface area contributed by atoms with E-state index in [9.17, 15) is 0 Å². The van der Waals surface area contributed by atoms with Crippen molar-refractivity contribution in [3.63, 3.8) is 0 Å². The number of hydrogen-bond donors (Lipinski definition) is 1. The van der Waals surface area contributed by atoms with Crippen molar-refractivity contribution >= 4 is 5.82 Å². The summed E-state index contributed by atoms with van der Waals surface area (Å²) in [4.78, 5) is 4.72. The highest BCUT2D eigenvalue weighted by molar-refractivity contribution is 5.72. The van der Waals surface area contributed by atoms with Crippen molar-refractivity contribution in [3.8, 4) is 17.0 Å². The average Bonchev–Trinajstić information content (AvgIpc) is 2.75. The number of methoxy groups -OCH3 is 1. The summed E-state index contributed by atoms with van der Waals surface area (Å²) in [7, 11) is 1.66. The first-order valence-electron chi connectivity index (χ1n) is 6.90. The van der Waals surface area contributed by atoms with Crippen LogP contribution in [-0.4, -0.2) is 16.7 Å². The standard InChI is InChI=1S/C16H23N3O/c1-6-13-18-14(15(17)19(13)16(2,3)4)11-8-7-9-12(10-11)20-5/h7-10H,6,17H2,1-5H3. The van der Waals surface area contributed by atoms with Crippen LogP contribution in [0.4, 0.5) is 5.82 Å². The average molecular weight is 273 g/mol. The minimum Gasteiger partial charge on any atom is -0.497 e. The molecule has 0 amide bonds. The van der Waals surface area contributed by atoms with Crippen molar-refractivity contribution in [2.75, 3.05) is 12.8 Å². The molecule has 4 heteroatoms. The topological polar surface area (TPSA) is 53.1 Å². The van der Waals surface area contributed by atoms with E-state index in [0.717, 1.165) is 29.3 Å². The van der Waals surface area contributed by atoms with Crippen LogP contribution in [0.1, 0.15) is 33.5 Å². The summed E-state index contributed by atoms with van der Waals surface area (Å²) in [6, 6.07) is 7.84. The fourth-order valence-corrected chi connectivity index (χ4v) is 2.45. The number of nitrogens with two attached hydrogens (primary N) is 1. The quantitative estimate of drug-likeness (QED) is 0.931. The molecule has 20 heavy (non-hydrogen) atoms. The van der Waals surface area contributed by atoms with Gasteiger partial charge in [-0.3, -0.25) is 0 Å². The molecule has 1 aromatic carbocycles. The molecule has 0 aliphatic rings. The van der Waals surface area contributed by atoms with Gasteiger partial charge in [0.25, 0.3) is 0 Å². The van der Waals surface area contributed by atoms with Crippen LogP contribution in [0.5, 0.6) is 5.75 Å². The summed E-state index contributed by atoms with van der Waals surface area (Å²) >= 11 is 0. The van der Waals surface area contributed by atoms with Gasteiger partial charge in [-0.25, -0.2) is 4.98 Å². The second-order valence-corrected chi connectivity index (χ2v) is 5.85. The van der Waals surface area contributed by atoms with Crippen LogP contribution in [0.15, 0.2) is 24.3 Å². The van der Waals surface area contributed by atoms with Gasteiger partial charge in [-0.15, -0.1) is 0 Å². The molecule has 4 nitrogen and oxygen atoms in total. The lowest BCUT2D eigenvalue weighted by atomic mass is 10.1. The number of hydrogen-bond acceptors (Lipinski definition) is 3. The lowest BCUT2D eigenvalue weighted by Gasteiger charge is -2.24. The maximum atomic E-state index is 6.35. The van der Waals surface area contributed by atoms with Crippen LogP contribution in [0.2, 0.25) is 0 Å². The molecule has 0 spiro atoms. The molecule has 2 aromatic rings. The number of aromatic nitrogens is 2. The van der Waals surface area contributed by atoms with Gasteiger partial charge in [-0.05, 0) is 32.9 Å². The Labute approximate surface area is 120 Å². The van der Waals surface area contributed by atoms with Crippen LogP contribution in [0.25, 0.3) is 11.3 Å². The first kappa shape index (κ1) is 14.4. The van der Waals surface area contributed by atoms with E-state index in [1.165, 1.54) is 0 Å². The maximum absolute atomic E-state index is 6.35. The highest BCUT2D eigenvalue weighted by Crippen LogP contribution is 2.32. The van der Waals surface area contributed by atoms with E-state index >= 15 is 0 Å². The summed E-state index contributed by atoms with van der Waals surface area (Å²) in [6.45, 7) is 8.51. The van der Waals surface area contributed by atoms with Gasteiger partial charge in [0.05, 0.1) is 7.11 Å². The monoisotopic (exact) mass is 273 g/mol. The predicted molar refractivity (Wildman–Crippen MR) is 83.0 cm³/mol. The summed E-state index contributed by atoms with van der Waals surface area (Å²) in [5, 5.41) is 0. The zero-order chi connectivity index (χ0) is 14.9. The lowest BCUT2D eigenvalue weighted by Crippen LogP contribution is -2.25. The van der Waals surface area contributed by atoms with Crippen molar-refractivity contribution in [2.24, 2.45) is 0 Å². The molecule has 2 rings (SSSR count). The number of rotatable bonds is 3. The van der Waals surface area contributed by atoms with Crippen LogP contribution in [0, 0.1) is 0 Å². The fourth-order valence-electron chi connectivity index (χ4n) is 2.45. The Balaban J connectivity index is 2.61. The van der Waals surface area contributed by atoms with Crippen LogP contribution < -0.4 is 10.5 Å². The molecule has 0 aliphatic carbocycles. The number of benzene rings is 1. The second-order valence-electron chi connectivity index (χ2n) is 5.85. The highest BCUT2D eigenvalue weighted by atomic mass is 16.5. The van der Waals surface area contributed by atoms with E-state index in [1.807, 2.05) is 24.3 Å². The van der Waals surface area contributed by atoms with Crippen molar-refractivity contribution in [1.29, 1.82) is 0 Å². The van der Waals surface area contributed by atoms with E-state index in [0.29, 0.717) is 5.82 Å². The molecule has 0 saturated heterocycles. The van der Waals surface area contributed by atoms with Gasteiger partial charge in [0.15, 0.2) is 0 Å². The van der Waals surface area contributed by atoms with Crippen LogP contribution in [0.3, 0.4) is 0 Å². The SMILES string of the molecule is CCc1nc(-c2cccc(OC)c2)c(N)n1C(C)(C)C. The molecule has 108 valence electrons. The van der Waals surface area contributed by atoms with E-state index in [2.05, 4.69) is 32.3 Å². The molecule has 0 atom stereocenters. The van der Waals surface area contributed by atoms with Crippen molar-refractivity contribution in [3.05, 3.63) is 30.1 Å². The predicted octanol–water partition coefficient (Wildman–Crippen LogP) is 3.46. The smallest absolute Gasteiger partial charge is 0.132 e. The van der Waals surface area contributed by atoms with Gasteiger partial charge < -0.3 is 15.0 Å². The Morgan fingerprint density at radius 3 is 2.50 bits per heavy atom. The third-order valence-electron chi connectivity index (χ3n) is 3.31. The molecule has 2 N–H and O–H groups in total. The molecule has 1 heterocycles. The van der Waals surface area contributed by atoms with Crippen molar-refractivity contribution in [1.82, 2.24) is 9.55 Å². The Morgan fingerprint density at radius 1 is 1.30 bits per heavy atom. The number of nitrogen functional groups attached to an aromatic ring is 1. The Kier molecular flexibility index (Phi) is 3.75. The normalized spacial score (nSPS) is 11.7. The molecule has 0 aliphatic heterocycles. The largest absolute Gasteiger partial charge is 0.497 e. The van der Waals surface area contributed by atoms with Gasteiger partial charge in [0.1, 0.15) is 23.1 Å². The third-order valence-corrected chi connectivity index (χ3v) is 3.31. The van der Waals surface area contributed by atoms with E-state index in [4.69, 9.17) is 15.5 Å². The van der Waals surface area contributed by atoms with E-state index in [-0.39, 0.29) is 5.54 Å². The number of aryl methyl sites for hydroxylation is 1. The Bertz CT molecular complexity index is 609. The summed E-state index contributed by atoms with van der Waals surface area (Å²) in [5.41, 5.74) is 8.08. The molecular formula is C16H23N3O. The summed E-state index contributed by atoms with van der Waals surface area (Å²) in [5.74, 6) is 2.53. The first-order chi connectivity index (χ1) is 9.38. The Morgan fingerprint density at radius 2 is 2.00 bits per heavy atom. The van der Waals surface area contributed by atoms with E-state index in [1.54, 1.807) is 7.11 Å². The fraction of sp³-hybridized carbons (Fsp3) is 0.438. The lowest BCUT2D eigenvalue weighted by molar-refractivity contribution is 0.389. The van der Waals surface area contributed by atoms with Crippen LogP contribution in [-0.2, 0) is 12.0 Å². The Hall–Kier alpha value is -1.97. The third kappa shape index (κ3) is 2.50. The number of imidazole rings is 1. The summed E-state index contributed by atoms with van der Waals surface area (Å²) < 4.78 is 7.38. The van der Waals surface area contributed by atoms with Gasteiger partial charge in [-0.2, -0.15) is 0 Å². The zero-order valence-electron chi connectivity index (χ0n) is 12.9. The van der Waals surface area contributed by atoms with Gasteiger partial charge in [0.2, 0.25) is 0 Å². The highest BCUT2D eigenvalue weighted by Gasteiger charge is 2.23. The molecule has 0 unspecified atom stereocenters. The van der Waals surface area contributed by atoms with Crippen molar-refractivity contribution in [2.45, 2.75) is 39.7 Å². The second kappa shape index (κ2) is 5.19. The van der Waals surface area contributed by atoms with E-state index < -0.39 is 0 Å². The molecule has 1 aromatic heterocycles. The van der Waals surface area contributed by atoms with Gasteiger partial charge in [0, 0.05) is 17.5 Å². The van der Waals surface area contributed by atoms with Gasteiger partial charge >= 0.3 is 0 Å². The maximum Gasteiger partial charge on any atom is 0.132 e. The first-order valence-corrected chi connectivity index (χ1v) is 6.90. The summed E-state index contributed by atoms with van der Waals surface area (Å²) in [6.07, 6.45) is 0.853. The number of anilines is 1. The molecule has 0 bridgehead atoms.